The Hall–Kier alpha value is -0.820. The van der Waals surface area contributed by atoms with Crippen LogP contribution in [0.1, 0.15) is 18.2 Å². The fraction of sp³-hybridized carbons (Fsp3) is 0.182. The molecule has 0 aliphatic rings. The van der Waals surface area contributed by atoms with Crippen LogP contribution in [0.3, 0.4) is 0 Å². The van der Waals surface area contributed by atoms with Crippen LogP contribution in [0, 0.1) is 6.42 Å². The van der Waals surface area contributed by atoms with Gasteiger partial charge in [0.15, 0.2) is 0 Å². The van der Waals surface area contributed by atoms with E-state index < -0.39 is 0 Å². The zero-order chi connectivity index (χ0) is 8.39. The lowest BCUT2D eigenvalue weighted by Gasteiger charge is -1.85. The summed E-state index contributed by atoms with van der Waals surface area (Å²) in [6.07, 6.45) is 3.39. The smallest absolute Gasteiger partial charge is 0.0345 e. The first-order chi connectivity index (χ1) is 5.90. The molecule has 0 spiro atoms. The number of thiophene rings is 1. The van der Waals surface area contributed by atoms with Gasteiger partial charge in [-0.3, -0.25) is 0 Å². The van der Waals surface area contributed by atoms with E-state index >= 15 is 0 Å². The standard InChI is InChI=1S/C11H11S/c1-2-5-10-8-9-6-3-4-7-11(9)12-10/h3-8H,2H2,1H3. The number of hydrogen-bond acceptors (Lipinski definition) is 1. The van der Waals surface area contributed by atoms with Gasteiger partial charge in [0.2, 0.25) is 0 Å². The van der Waals surface area contributed by atoms with Crippen molar-refractivity contribution in [3.8, 4) is 0 Å². The van der Waals surface area contributed by atoms with Gasteiger partial charge in [0, 0.05) is 16.0 Å². The highest BCUT2D eigenvalue weighted by Crippen LogP contribution is 2.26. The predicted molar refractivity (Wildman–Crippen MR) is 55.5 cm³/mol. The largest absolute Gasteiger partial charge is 0.140 e. The van der Waals surface area contributed by atoms with Crippen LogP contribution in [-0.4, -0.2) is 0 Å². The Morgan fingerprint density at radius 3 is 2.92 bits per heavy atom. The molecule has 1 heteroatoms. The summed E-state index contributed by atoms with van der Waals surface area (Å²) in [4.78, 5) is 1.39. The van der Waals surface area contributed by atoms with E-state index in [2.05, 4.69) is 43.7 Å². The molecule has 0 saturated carbocycles. The topological polar surface area (TPSA) is 0 Å². The zero-order valence-corrected chi connectivity index (χ0v) is 7.90. The summed E-state index contributed by atoms with van der Waals surface area (Å²) in [6.45, 7) is 2.17. The molecule has 1 aromatic heterocycles. The van der Waals surface area contributed by atoms with Crippen molar-refractivity contribution in [3.05, 3.63) is 41.6 Å². The summed E-state index contributed by atoms with van der Waals surface area (Å²) in [6, 6.07) is 10.8. The van der Waals surface area contributed by atoms with E-state index in [0.29, 0.717) is 0 Å². The molecule has 0 fully saturated rings. The lowest BCUT2D eigenvalue weighted by atomic mass is 10.2. The van der Waals surface area contributed by atoms with Gasteiger partial charge in [-0.25, -0.2) is 0 Å². The molecule has 1 aromatic carbocycles. The monoisotopic (exact) mass is 175 g/mol. The highest BCUT2D eigenvalue weighted by atomic mass is 32.1. The van der Waals surface area contributed by atoms with Gasteiger partial charge in [0.25, 0.3) is 0 Å². The van der Waals surface area contributed by atoms with Gasteiger partial charge in [-0.1, -0.05) is 25.1 Å². The number of fused-ring (bicyclic) bond motifs is 1. The zero-order valence-electron chi connectivity index (χ0n) is 7.08. The van der Waals surface area contributed by atoms with Crippen LogP contribution in [0.15, 0.2) is 30.3 Å². The molecule has 0 aliphatic carbocycles. The van der Waals surface area contributed by atoms with Gasteiger partial charge in [0.05, 0.1) is 0 Å². The summed E-state index contributed by atoms with van der Waals surface area (Å²) >= 11 is 1.87. The van der Waals surface area contributed by atoms with Crippen molar-refractivity contribution in [2.24, 2.45) is 0 Å². The average Bonchev–Trinajstić information content (AvgIpc) is 2.47. The molecule has 12 heavy (non-hydrogen) atoms. The molecule has 0 amide bonds. The van der Waals surface area contributed by atoms with Gasteiger partial charge in [-0.15, -0.1) is 11.3 Å². The van der Waals surface area contributed by atoms with Crippen molar-refractivity contribution in [2.45, 2.75) is 13.3 Å². The van der Waals surface area contributed by atoms with Crippen molar-refractivity contribution in [3.63, 3.8) is 0 Å². The molecule has 2 rings (SSSR count). The van der Waals surface area contributed by atoms with Crippen LogP contribution in [-0.2, 0) is 0 Å². The summed E-state index contributed by atoms with van der Waals surface area (Å²) in [7, 11) is 0. The molecule has 0 unspecified atom stereocenters. The van der Waals surface area contributed by atoms with Crippen molar-refractivity contribution < 1.29 is 0 Å². The molecule has 0 bridgehead atoms. The van der Waals surface area contributed by atoms with Gasteiger partial charge in [-0.05, 0) is 23.9 Å². The van der Waals surface area contributed by atoms with E-state index in [9.17, 15) is 0 Å². The number of rotatable bonds is 2. The van der Waals surface area contributed by atoms with E-state index in [-0.39, 0.29) is 0 Å². The minimum atomic E-state index is 1.12. The number of benzene rings is 1. The molecular weight excluding hydrogens is 164 g/mol. The minimum absolute atomic E-state index is 1.12. The third-order valence-electron chi connectivity index (χ3n) is 1.85. The fourth-order valence-corrected chi connectivity index (χ4v) is 2.39. The van der Waals surface area contributed by atoms with Crippen LogP contribution >= 0.6 is 11.3 Å². The quantitative estimate of drug-likeness (QED) is 0.650. The first-order valence-corrected chi connectivity index (χ1v) is 5.03. The second kappa shape index (κ2) is 3.28. The second-order valence-corrected chi connectivity index (χ2v) is 3.91. The molecule has 0 aliphatic heterocycles. The summed E-state index contributed by atoms with van der Waals surface area (Å²) in [5, 5.41) is 1.36. The maximum atomic E-state index is 2.27. The SMILES string of the molecule is CC[CH]c1cc2ccccc2s1. The van der Waals surface area contributed by atoms with Crippen LogP contribution in [0.2, 0.25) is 0 Å². The van der Waals surface area contributed by atoms with Crippen molar-refractivity contribution >= 4 is 21.4 Å². The van der Waals surface area contributed by atoms with Gasteiger partial charge in [0.1, 0.15) is 0 Å². The maximum absolute atomic E-state index is 2.27. The van der Waals surface area contributed by atoms with E-state index in [4.69, 9.17) is 0 Å². The average molecular weight is 175 g/mol. The Labute approximate surface area is 76.8 Å². The van der Waals surface area contributed by atoms with E-state index in [1.807, 2.05) is 11.3 Å². The Balaban J connectivity index is 2.47. The number of hydrogen-bond donors (Lipinski definition) is 0. The normalized spacial score (nSPS) is 10.8. The molecule has 2 aromatic rings. The third kappa shape index (κ3) is 1.37. The lowest BCUT2D eigenvalue weighted by Crippen LogP contribution is -1.67. The highest BCUT2D eigenvalue weighted by molar-refractivity contribution is 7.19. The summed E-state index contributed by atoms with van der Waals surface area (Å²) in [5.41, 5.74) is 0. The van der Waals surface area contributed by atoms with Crippen molar-refractivity contribution in [2.75, 3.05) is 0 Å². The molecule has 1 radical (unpaired) electrons. The molecule has 0 N–H and O–H groups in total. The Morgan fingerprint density at radius 1 is 1.33 bits per heavy atom. The predicted octanol–water partition coefficient (Wildman–Crippen LogP) is 3.86. The second-order valence-electron chi connectivity index (χ2n) is 2.80. The fourth-order valence-electron chi connectivity index (χ4n) is 1.30. The first-order valence-electron chi connectivity index (χ1n) is 4.22. The van der Waals surface area contributed by atoms with Crippen LogP contribution in [0.4, 0.5) is 0 Å². The van der Waals surface area contributed by atoms with E-state index in [0.717, 1.165) is 6.42 Å². The van der Waals surface area contributed by atoms with Crippen molar-refractivity contribution in [1.82, 2.24) is 0 Å². The molecule has 0 nitrogen and oxygen atoms in total. The molecular formula is C11H11S. The third-order valence-corrected chi connectivity index (χ3v) is 2.96. The Kier molecular flexibility index (Phi) is 2.13. The first kappa shape index (κ1) is 7.81. The molecule has 0 atom stereocenters. The summed E-state index contributed by atoms with van der Waals surface area (Å²) < 4.78 is 1.39. The van der Waals surface area contributed by atoms with E-state index in [1.165, 1.54) is 15.0 Å². The maximum Gasteiger partial charge on any atom is 0.0345 e. The van der Waals surface area contributed by atoms with E-state index in [1.54, 1.807) is 0 Å². The molecule has 0 saturated heterocycles. The molecule has 1 heterocycles. The van der Waals surface area contributed by atoms with Crippen molar-refractivity contribution in [1.29, 1.82) is 0 Å². The van der Waals surface area contributed by atoms with Crippen LogP contribution in [0.5, 0.6) is 0 Å². The highest BCUT2D eigenvalue weighted by Gasteiger charge is 1.98. The van der Waals surface area contributed by atoms with Gasteiger partial charge < -0.3 is 0 Å². The van der Waals surface area contributed by atoms with Crippen LogP contribution < -0.4 is 0 Å². The molecule has 61 valence electrons. The summed E-state index contributed by atoms with van der Waals surface area (Å²) in [5.74, 6) is 0. The Morgan fingerprint density at radius 2 is 2.17 bits per heavy atom. The van der Waals surface area contributed by atoms with Gasteiger partial charge in [-0.2, -0.15) is 0 Å². The Bertz CT molecular complexity index is 340. The van der Waals surface area contributed by atoms with Crippen LogP contribution in [0.25, 0.3) is 10.1 Å². The van der Waals surface area contributed by atoms with Gasteiger partial charge >= 0.3 is 0 Å². The lowest BCUT2D eigenvalue weighted by molar-refractivity contribution is 1.14. The minimum Gasteiger partial charge on any atom is -0.140 e.